The largest absolute Gasteiger partial charge is 0.344 e. The molecule has 25 heavy (non-hydrogen) atoms. The SMILES string of the molecule is Cc1cc(=O)c(C(=O)Nc2ccccc2)c(C)n1Cc1ccccc1. The molecule has 1 N–H and O–H groups in total. The van der Waals surface area contributed by atoms with Crippen LogP contribution in [0.5, 0.6) is 0 Å². The Hall–Kier alpha value is -3.14. The monoisotopic (exact) mass is 332 g/mol. The summed E-state index contributed by atoms with van der Waals surface area (Å²) in [7, 11) is 0. The summed E-state index contributed by atoms with van der Waals surface area (Å²) in [6.45, 7) is 4.32. The number of para-hydroxylation sites is 1. The van der Waals surface area contributed by atoms with Gasteiger partial charge in [0, 0.05) is 29.7 Å². The minimum Gasteiger partial charge on any atom is -0.344 e. The number of anilines is 1. The van der Waals surface area contributed by atoms with Crippen LogP contribution >= 0.6 is 0 Å². The Morgan fingerprint density at radius 3 is 2.20 bits per heavy atom. The molecule has 2 aromatic carbocycles. The highest BCUT2D eigenvalue weighted by Crippen LogP contribution is 2.14. The summed E-state index contributed by atoms with van der Waals surface area (Å²) >= 11 is 0. The lowest BCUT2D eigenvalue weighted by Crippen LogP contribution is -2.27. The Bertz CT molecular complexity index is 945. The zero-order chi connectivity index (χ0) is 17.8. The zero-order valence-electron chi connectivity index (χ0n) is 14.3. The van der Waals surface area contributed by atoms with Crippen LogP contribution < -0.4 is 10.7 Å². The van der Waals surface area contributed by atoms with E-state index in [4.69, 9.17) is 0 Å². The van der Waals surface area contributed by atoms with E-state index in [0.717, 1.165) is 11.3 Å². The fourth-order valence-electron chi connectivity index (χ4n) is 2.92. The Labute approximate surface area is 146 Å². The van der Waals surface area contributed by atoms with E-state index in [2.05, 4.69) is 5.32 Å². The lowest BCUT2D eigenvalue weighted by molar-refractivity contribution is 0.102. The Balaban J connectivity index is 1.98. The Morgan fingerprint density at radius 1 is 0.960 bits per heavy atom. The van der Waals surface area contributed by atoms with Crippen LogP contribution in [0.3, 0.4) is 0 Å². The molecule has 1 heterocycles. The van der Waals surface area contributed by atoms with Crippen molar-refractivity contribution in [2.45, 2.75) is 20.4 Å². The third-order valence-electron chi connectivity index (χ3n) is 4.22. The Morgan fingerprint density at radius 2 is 1.56 bits per heavy atom. The van der Waals surface area contributed by atoms with Crippen LogP contribution in [0.4, 0.5) is 5.69 Å². The van der Waals surface area contributed by atoms with E-state index in [9.17, 15) is 9.59 Å². The van der Waals surface area contributed by atoms with Gasteiger partial charge in [-0.15, -0.1) is 0 Å². The average molecular weight is 332 g/mol. The number of hydrogen-bond donors (Lipinski definition) is 1. The van der Waals surface area contributed by atoms with Gasteiger partial charge >= 0.3 is 0 Å². The van der Waals surface area contributed by atoms with E-state index in [1.165, 1.54) is 6.07 Å². The van der Waals surface area contributed by atoms with E-state index in [1.54, 1.807) is 12.1 Å². The predicted octanol–water partition coefficient (Wildman–Crippen LogP) is 3.77. The van der Waals surface area contributed by atoms with Crippen molar-refractivity contribution in [2.24, 2.45) is 0 Å². The third kappa shape index (κ3) is 3.69. The number of benzene rings is 2. The summed E-state index contributed by atoms with van der Waals surface area (Å²) in [5.41, 5.74) is 3.22. The molecular formula is C21H20N2O2. The van der Waals surface area contributed by atoms with Gasteiger partial charge in [0.05, 0.1) is 0 Å². The van der Waals surface area contributed by atoms with Gasteiger partial charge in [-0.25, -0.2) is 0 Å². The molecule has 1 amide bonds. The molecule has 0 aliphatic rings. The fraction of sp³-hybridized carbons (Fsp3) is 0.143. The van der Waals surface area contributed by atoms with Crippen LogP contribution in [0.2, 0.25) is 0 Å². The zero-order valence-corrected chi connectivity index (χ0v) is 14.3. The molecule has 0 saturated carbocycles. The molecule has 0 bridgehead atoms. The summed E-state index contributed by atoms with van der Waals surface area (Å²) in [5.74, 6) is -0.379. The molecule has 3 rings (SSSR count). The smallest absolute Gasteiger partial charge is 0.261 e. The van der Waals surface area contributed by atoms with Crippen LogP contribution in [-0.2, 0) is 6.54 Å². The van der Waals surface area contributed by atoms with Gasteiger partial charge in [0.1, 0.15) is 5.56 Å². The molecular weight excluding hydrogens is 312 g/mol. The molecule has 4 heteroatoms. The maximum Gasteiger partial charge on any atom is 0.261 e. The minimum atomic E-state index is -0.379. The van der Waals surface area contributed by atoms with Gasteiger partial charge in [0.25, 0.3) is 5.91 Å². The standard InChI is InChI=1S/C21H20N2O2/c1-15-13-19(24)20(21(25)22-18-11-7-4-8-12-18)16(2)23(15)14-17-9-5-3-6-10-17/h3-13H,14H2,1-2H3,(H,22,25). The second-order valence-electron chi connectivity index (χ2n) is 6.00. The number of nitrogens with zero attached hydrogens (tertiary/aromatic N) is 1. The van der Waals surface area contributed by atoms with E-state index in [-0.39, 0.29) is 16.9 Å². The highest BCUT2D eigenvalue weighted by Gasteiger charge is 2.17. The first-order valence-electron chi connectivity index (χ1n) is 8.17. The van der Waals surface area contributed by atoms with Gasteiger partial charge in [-0.1, -0.05) is 48.5 Å². The van der Waals surface area contributed by atoms with Crippen molar-refractivity contribution in [2.75, 3.05) is 5.32 Å². The average Bonchev–Trinajstić information content (AvgIpc) is 2.60. The molecule has 3 aromatic rings. The van der Waals surface area contributed by atoms with E-state index < -0.39 is 0 Å². The molecule has 0 fully saturated rings. The summed E-state index contributed by atoms with van der Waals surface area (Å²) in [5, 5.41) is 2.80. The maximum atomic E-state index is 12.6. The molecule has 0 spiro atoms. The molecule has 1 aromatic heterocycles. The van der Waals surface area contributed by atoms with Crippen molar-refractivity contribution in [3.63, 3.8) is 0 Å². The molecule has 0 radical (unpaired) electrons. The second-order valence-corrected chi connectivity index (χ2v) is 6.00. The summed E-state index contributed by atoms with van der Waals surface area (Å²) in [6.07, 6.45) is 0. The summed E-state index contributed by atoms with van der Waals surface area (Å²) < 4.78 is 2.00. The first-order valence-corrected chi connectivity index (χ1v) is 8.17. The van der Waals surface area contributed by atoms with E-state index in [0.29, 0.717) is 17.9 Å². The van der Waals surface area contributed by atoms with Crippen LogP contribution in [0.1, 0.15) is 27.3 Å². The summed E-state index contributed by atoms with van der Waals surface area (Å²) in [4.78, 5) is 25.1. The number of pyridine rings is 1. The van der Waals surface area contributed by atoms with Crippen molar-refractivity contribution in [3.8, 4) is 0 Å². The van der Waals surface area contributed by atoms with Crippen molar-refractivity contribution >= 4 is 11.6 Å². The highest BCUT2D eigenvalue weighted by atomic mass is 16.2. The van der Waals surface area contributed by atoms with Gasteiger partial charge in [-0.3, -0.25) is 9.59 Å². The van der Waals surface area contributed by atoms with E-state index >= 15 is 0 Å². The van der Waals surface area contributed by atoms with Gasteiger partial charge in [0.15, 0.2) is 5.43 Å². The number of aromatic nitrogens is 1. The van der Waals surface area contributed by atoms with Crippen LogP contribution in [0.25, 0.3) is 0 Å². The number of carbonyl (C=O) groups is 1. The predicted molar refractivity (Wildman–Crippen MR) is 100 cm³/mol. The van der Waals surface area contributed by atoms with Gasteiger partial charge < -0.3 is 9.88 Å². The fourth-order valence-corrected chi connectivity index (χ4v) is 2.92. The van der Waals surface area contributed by atoms with Crippen molar-refractivity contribution < 1.29 is 4.79 Å². The van der Waals surface area contributed by atoms with Gasteiger partial charge in [-0.2, -0.15) is 0 Å². The van der Waals surface area contributed by atoms with Gasteiger partial charge in [0.2, 0.25) is 0 Å². The third-order valence-corrected chi connectivity index (χ3v) is 4.22. The molecule has 0 aliphatic carbocycles. The van der Waals surface area contributed by atoms with E-state index in [1.807, 2.05) is 66.9 Å². The summed E-state index contributed by atoms with van der Waals surface area (Å²) in [6, 6.07) is 20.6. The maximum absolute atomic E-state index is 12.6. The molecule has 0 atom stereocenters. The number of amides is 1. The number of nitrogens with one attached hydrogen (secondary N) is 1. The number of aryl methyl sites for hydroxylation is 1. The molecule has 0 saturated heterocycles. The molecule has 0 unspecified atom stereocenters. The quantitative estimate of drug-likeness (QED) is 0.791. The first-order chi connectivity index (χ1) is 12.1. The highest BCUT2D eigenvalue weighted by molar-refractivity contribution is 6.04. The lowest BCUT2D eigenvalue weighted by atomic mass is 10.1. The molecule has 4 nitrogen and oxygen atoms in total. The van der Waals surface area contributed by atoms with Gasteiger partial charge in [-0.05, 0) is 31.5 Å². The van der Waals surface area contributed by atoms with Crippen molar-refractivity contribution in [1.29, 1.82) is 0 Å². The minimum absolute atomic E-state index is 0.186. The second kappa shape index (κ2) is 7.18. The lowest BCUT2D eigenvalue weighted by Gasteiger charge is -2.17. The molecule has 0 aliphatic heterocycles. The van der Waals surface area contributed by atoms with Crippen LogP contribution in [0, 0.1) is 13.8 Å². The van der Waals surface area contributed by atoms with Crippen LogP contribution in [0.15, 0.2) is 71.5 Å². The number of carbonyl (C=O) groups excluding carboxylic acids is 1. The number of hydrogen-bond acceptors (Lipinski definition) is 2. The van der Waals surface area contributed by atoms with Crippen molar-refractivity contribution in [1.82, 2.24) is 4.57 Å². The van der Waals surface area contributed by atoms with Crippen molar-refractivity contribution in [3.05, 3.63) is 99.5 Å². The van der Waals surface area contributed by atoms with Crippen LogP contribution in [-0.4, -0.2) is 10.5 Å². The first kappa shape index (κ1) is 16.7. The Kier molecular flexibility index (Phi) is 4.80. The number of rotatable bonds is 4. The molecule has 126 valence electrons. The topological polar surface area (TPSA) is 51.1 Å². The normalized spacial score (nSPS) is 10.5.